The number of carbonyl (C=O) groups is 1. The molecule has 2 heterocycles. The molecule has 1 aliphatic rings. The third-order valence-corrected chi connectivity index (χ3v) is 3.69. The zero-order valence-electron chi connectivity index (χ0n) is 12.3. The Morgan fingerprint density at radius 3 is 2.77 bits per heavy atom. The van der Waals surface area contributed by atoms with Crippen LogP contribution in [0.4, 0.5) is 5.69 Å². The third kappa shape index (κ3) is 3.62. The molecular weight excluding hydrogens is 278 g/mol. The number of para-hydroxylation sites is 1. The molecule has 1 fully saturated rings. The predicted molar refractivity (Wildman–Crippen MR) is 85.0 cm³/mol. The van der Waals surface area contributed by atoms with Crippen molar-refractivity contribution in [2.45, 2.75) is 6.10 Å². The van der Waals surface area contributed by atoms with E-state index in [2.05, 4.69) is 27.3 Å². The normalized spacial score (nSPS) is 18.0. The summed E-state index contributed by atoms with van der Waals surface area (Å²) in [6.45, 7) is 2.83. The summed E-state index contributed by atoms with van der Waals surface area (Å²) in [5, 5.41) is 2.92. The Bertz CT molecular complexity index is 604. The number of nitrogens with zero attached hydrogens (tertiary/aromatic N) is 2. The van der Waals surface area contributed by atoms with E-state index in [1.165, 1.54) is 5.69 Å². The van der Waals surface area contributed by atoms with E-state index in [4.69, 9.17) is 4.74 Å². The summed E-state index contributed by atoms with van der Waals surface area (Å²) in [5.74, 6) is -0.0946. The first kappa shape index (κ1) is 14.5. The van der Waals surface area contributed by atoms with E-state index in [-0.39, 0.29) is 12.0 Å². The molecule has 2 aromatic rings. The highest BCUT2D eigenvalue weighted by Gasteiger charge is 2.21. The lowest BCUT2D eigenvalue weighted by Crippen LogP contribution is -2.47. The molecule has 0 aliphatic carbocycles. The van der Waals surface area contributed by atoms with Gasteiger partial charge in [0.15, 0.2) is 0 Å². The van der Waals surface area contributed by atoms with Gasteiger partial charge in [0.05, 0.1) is 12.7 Å². The molecule has 1 amide bonds. The quantitative estimate of drug-likeness (QED) is 0.933. The standard InChI is InChI=1S/C17H19N3O2/c21-17(14-6-8-18-9-7-14)19-12-16-13-20(10-11-22-16)15-4-2-1-3-5-15/h1-9,16H,10-13H2,(H,19,21). The molecule has 1 aliphatic heterocycles. The lowest BCUT2D eigenvalue weighted by molar-refractivity contribution is 0.0397. The molecule has 1 aromatic carbocycles. The Morgan fingerprint density at radius 2 is 2.00 bits per heavy atom. The molecule has 1 saturated heterocycles. The van der Waals surface area contributed by atoms with Crippen LogP contribution in [0, 0.1) is 0 Å². The fourth-order valence-electron chi connectivity index (χ4n) is 2.53. The first-order valence-electron chi connectivity index (χ1n) is 7.43. The smallest absolute Gasteiger partial charge is 0.251 e. The highest BCUT2D eigenvalue weighted by molar-refractivity contribution is 5.93. The fraction of sp³-hybridized carbons (Fsp3) is 0.294. The molecule has 22 heavy (non-hydrogen) atoms. The average Bonchev–Trinajstić information content (AvgIpc) is 2.61. The van der Waals surface area contributed by atoms with E-state index < -0.39 is 0 Å². The summed E-state index contributed by atoms with van der Waals surface area (Å²) >= 11 is 0. The van der Waals surface area contributed by atoms with Crippen LogP contribution < -0.4 is 10.2 Å². The SMILES string of the molecule is O=C(NCC1CN(c2ccccc2)CCO1)c1ccncc1. The van der Waals surface area contributed by atoms with Gasteiger partial charge in [-0.2, -0.15) is 0 Å². The first-order valence-corrected chi connectivity index (χ1v) is 7.43. The van der Waals surface area contributed by atoms with Crippen LogP contribution in [-0.4, -0.2) is 43.2 Å². The van der Waals surface area contributed by atoms with Crippen LogP contribution in [0.15, 0.2) is 54.9 Å². The minimum absolute atomic E-state index is 0.000238. The molecule has 114 valence electrons. The van der Waals surface area contributed by atoms with E-state index in [9.17, 15) is 4.79 Å². The van der Waals surface area contributed by atoms with Crippen LogP contribution in [0.3, 0.4) is 0 Å². The number of carbonyl (C=O) groups excluding carboxylic acids is 1. The minimum atomic E-state index is -0.0946. The molecule has 0 bridgehead atoms. The second-order valence-electron chi connectivity index (χ2n) is 5.22. The lowest BCUT2D eigenvalue weighted by atomic mass is 10.2. The summed E-state index contributed by atoms with van der Waals surface area (Å²) in [6.07, 6.45) is 3.23. The van der Waals surface area contributed by atoms with Crippen LogP contribution in [0.5, 0.6) is 0 Å². The zero-order chi connectivity index (χ0) is 15.2. The summed E-state index contributed by atoms with van der Waals surface area (Å²) in [4.78, 5) is 18.2. The Morgan fingerprint density at radius 1 is 1.23 bits per heavy atom. The number of hydrogen-bond acceptors (Lipinski definition) is 4. The Kier molecular flexibility index (Phi) is 4.65. The Hall–Kier alpha value is -2.40. The van der Waals surface area contributed by atoms with E-state index in [1.54, 1.807) is 24.5 Å². The number of amides is 1. The van der Waals surface area contributed by atoms with Crippen LogP contribution in [-0.2, 0) is 4.74 Å². The van der Waals surface area contributed by atoms with Gasteiger partial charge in [-0.15, -0.1) is 0 Å². The van der Waals surface area contributed by atoms with Crippen molar-refractivity contribution in [3.8, 4) is 0 Å². The molecule has 5 nitrogen and oxygen atoms in total. The molecular formula is C17H19N3O2. The van der Waals surface area contributed by atoms with E-state index >= 15 is 0 Å². The zero-order valence-corrected chi connectivity index (χ0v) is 12.3. The van der Waals surface area contributed by atoms with E-state index in [0.29, 0.717) is 18.7 Å². The van der Waals surface area contributed by atoms with E-state index in [0.717, 1.165) is 13.1 Å². The molecule has 1 N–H and O–H groups in total. The fourth-order valence-corrected chi connectivity index (χ4v) is 2.53. The largest absolute Gasteiger partial charge is 0.373 e. The van der Waals surface area contributed by atoms with Gasteiger partial charge in [0.25, 0.3) is 5.91 Å². The number of nitrogens with one attached hydrogen (secondary N) is 1. The first-order chi connectivity index (χ1) is 10.8. The number of pyridine rings is 1. The van der Waals surface area contributed by atoms with Gasteiger partial charge < -0.3 is 15.0 Å². The number of hydrogen-bond donors (Lipinski definition) is 1. The Balaban J connectivity index is 1.54. The molecule has 1 atom stereocenters. The van der Waals surface area contributed by atoms with Crippen LogP contribution in [0.1, 0.15) is 10.4 Å². The van der Waals surface area contributed by atoms with E-state index in [1.807, 2.05) is 18.2 Å². The van der Waals surface area contributed by atoms with Crippen molar-refractivity contribution < 1.29 is 9.53 Å². The van der Waals surface area contributed by atoms with Crippen molar-refractivity contribution >= 4 is 11.6 Å². The second kappa shape index (κ2) is 7.04. The maximum atomic E-state index is 12.0. The molecule has 3 rings (SSSR count). The highest BCUT2D eigenvalue weighted by atomic mass is 16.5. The minimum Gasteiger partial charge on any atom is -0.373 e. The summed E-state index contributed by atoms with van der Waals surface area (Å²) in [6, 6.07) is 13.7. The molecule has 5 heteroatoms. The summed E-state index contributed by atoms with van der Waals surface area (Å²) in [7, 11) is 0. The maximum absolute atomic E-state index is 12.0. The van der Waals surface area contributed by atoms with Crippen molar-refractivity contribution in [3.05, 3.63) is 60.4 Å². The maximum Gasteiger partial charge on any atom is 0.251 e. The molecule has 0 radical (unpaired) electrons. The predicted octanol–water partition coefficient (Wildman–Crippen LogP) is 1.72. The van der Waals surface area contributed by atoms with Gasteiger partial charge in [0, 0.05) is 43.3 Å². The van der Waals surface area contributed by atoms with Gasteiger partial charge >= 0.3 is 0 Å². The topological polar surface area (TPSA) is 54.5 Å². The third-order valence-electron chi connectivity index (χ3n) is 3.69. The number of benzene rings is 1. The summed E-state index contributed by atoms with van der Waals surface area (Å²) < 4.78 is 5.75. The van der Waals surface area contributed by atoms with Crippen molar-refractivity contribution in [1.29, 1.82) is 0 Å². The number of rotatable bonds is 4. The number of morpholine rings is 1. The number of ether oxygens (including phenoxy) is 1. The van der Waals surface area contributed by atoms with Crippen LogP contribution >= 0.6 is 0 Å². The van der Waals surface area contributed by atoms with Crippen LogP contribution in [0.2, 0.25) is 0 Å². The van der Waals surface area contributed by atoms with Crippen molar-refractivity contribution in [2.24, 2.45) is 0 Å². The Labute approximate surface area is 129 Å². The van der Waals surface area contributed by atoms with Crippen molar-refractivity contribution in [3.63, 3.8) is 0 Å². The monoisotopic (exact) mass is 297 g/mol. The molecule has 1 unspecified atom stereocenters. The molecule has 0 spiro atoms. The highest BCUT2D eigenvalue weighted by Crippen LogP contribution is 2.16. The average molecular weight is 297 g/mol. The molecule has 1 aromatic heterocycles. The van der Waals surface area contributed by atoms with Gasteiger partial charge in [0.1, 0.15) is 0 Å². The van der Waals surface area contributed by atoms with Gasteiger partial charge in [-0.05, 0) is 24.3 Å². The van der Waals surface area contributed by atoms with Gasteiger partial charge in [-0.1, -0.05) is 18.2 Å². The van der Waals surface area contributed by atoms with Gasteiger partial charge in [-0.3, -0.25) is 9.78 Å². The number of aromatic nitrogens is 1. The number of anilines is 1. The second-order valence-corrected chi connectivity index (χ2v) is 5.22. The van der Waals surface area contributed by atoms with Gasteiger partial charge in [0.2, 0.25) is 0 Å². The lowest BCUT2D eigenvalue weighted by Gasteiger charge is -2.34. The van der Waals surface area contributed by atoms with Crippen molar-refractivity contribution in [2.75, 3.05) is 31.1 Å². The van der Waals surface area contributed by atoms with Gasteiger partial charge in [-0.25, -0.2) is 0 Å². The molecule has 0 saturated carbocycles. The summed E-state index contributed by atoms with van der Waals surface area (Å²) in [5.41, 5.74) is 1.81. The van der Waals surface area contributed by atoms with Crippen molar-refractivity contribution in [1.82, 2.24) is 10.3 Å². The van der Waals surface area contributed by atoms with Crippen LogP contribution in [0.25, 0.3) is 0 Å².